The van der Waals surface area contributed by atoms with Crippen molar-refractivity contribution in [2.75, 3.05) is 6.54 Å². The van der Waals surface area contributed by atoms with Crippen LogP contribution in [0.15, 0.2) is 29.2 Å². The molecular formula is C9H13NS. The standard InChI is InChI=1S/C9H13NS/c10-7-3-5-8-4-1-2-6-9(8)11/h1-2,4,6,11H,3,5,7,10H2. The van der Waals surface area contributed by atoms with Crippen LogP contribution in [-0.2, 0) is 6.42 Å². The molecule has 0 bridgehead atoms. The number of thiol groups is 1. The van der Waals surface area contributed by atoms with Crippen molar-refractivity contribution < 1.29 is 0 Å². The van der Waals surface area contributed by atoms with Gasteiger partial charge in [0.05, 0.1) is 0 Å². The molecule has 0 saturated heterocycles. The molecule has 0 atom stereocenters. The lowest BCUT2D eigenvalue weighted by Gasteiger charge is -2.01. The van der Waals surface area contributed by atoms with Crippen LogP contribution in [0, 0.1) is 0 Å². The molecule has 0 aliphatic rings. The minimum atomic E-state index is 0.752. The first-order valence-electron chi connectivity index (χ1n) is 3.81. The third-order valence-corrected chi connectivity index (χ3v) is 2.08. The molecule has 0 saturated carbocycles. The number of benzene rings is 1. The van der Waals surface area contributed by atoms with Crippen molar-refractivity contribution >= 4 is 12.6 Å². The molecule has 60 valence electrons. The lowest BCUT2D eigenvalue weighted by atomic mass is 10.1. The zero-order valence-corrected chi connectivity index (χ0v) is 7.35. The van der Waals surface area contributed by atoms with Crippen molar-refractivity contribution in [3.8, 4) is 0 Å². The Morgan fingerprint density at radius 1 is 1.27 bits per heavy atom. The van der Waals surface area contributed by atoms with E-state index in [2.05, 4.69) is 18.7 Å². The fourth-order valence-corrected chi connectivity index (χ4v) is 1.29. The van der Waals surface area contributed by atoms with Gasteiger partial charge in [0.1, 0.15) is 0 Å². The summed E-state index contributed by atoms with van der Waals surface area (Å²) in [5, 5.41) is 0. The Morgan fingerprint density at radius 3 is 2.64 bits per heavy atom. The highest BCUT2D eigenvalue weighted by Gasteiger charge is 1.95. The van der Waals surface area contributed by atoms with E-state index in [1.807, 2.05) is 18.2 Å². The molecule has 0 fully saturated rings. The Hall–Kier alpha value is -0.470. The maximum absolute atomic E-state index is 5.40. The molecule has 11 heavy (non-hydrogen) atoms. The average Bonchev–Trinajstić information content (AvgIpc) is 2.03. The Balaban J connectivity index is 2.62. The van der Waals surface area contributed by atoms with E-state index in [9.17, 15) is 0 Å². The van der Waals surface area contributed by atoms with Crippen LogP contribution in [0.1, 0.15) is 12.0 Å². The maximum Gasteiger partial charge on any atom is 0.00720 e. The van der Waals surface area contributed by atoms with Gasteiger partial charge >= 0.3 is 0 Å². The molecule has 1 aromatic rings. The van der Waals surface area contributed by atoms with E-state index in [4.69, 9.17) is 5.73 Å². The normalized spacial score (nSPS) is 10.0. The summed E-state index contributed by atoms with van der Waals surface area (Å²) in [5.41, 5.74) is 6.69. The number of aryl methyl sites for hydroxylation is 1. The zero-order valence-electron chi connectivity index (χ0n) is 6.46. The van der Waals surface area contributed by atoms with Gasteiger partial charge in [-0.3, -0.25) is 0 Å². The second-order valence-corrected chi connectivity index (χ2v) is 3.00. The molecule has 0 aliphatic carbocycles. The molecule has 2 N–H and O–H groups in total. The molecule has 1 nitrogen and oxygen atoms in total. The molecule has 2 heteroatoms. The highest BCUT2D eigenvalue weighted by molar-refractivity contribution is 7.80. The topological polar surface area (TPSA) is 26.0 Å². The van der Waals surface area contributed by atoms with Gasteiger partial charge in [0.25, 0.3) is 0 Å². The fraction of sp³-hybridized carbons (Fsp3) is 0.333. The van der Waals surface area contributed by atoms with Crippen LogP contribution in [0.3, 0.4) is 0 Å². The summed E-state index contributed by atoms with van der Waals surface area (Å²) in [4.78, 5) is 1.07. The fourth-order valence-electron chi connectivity index (χ4n) is 1.01. The van der Waals surface area contributed by atoms with Crippen LogP contribution in [0.4, 0.5) is 0 Å². The van der Waals surface area contributed by atoms with Crippen molar-refractivity contribution in [3.05, 3.63) is 29.8 Å². The highest BCUT2D eigenvalue weighted by Crippen LogP contribution is 2.13. The van der Waals surface area contributed by atoms with E-state index in [1.54, 1.807) is 0 Å². The molecular weight excluding hydrogens is 154 g/mol. The molecule has 0 spiro atoms. The van der Waals surface area contributed by atoms with Gasteiger partial charge in [-0.25, -0.2) is 0 Å². The van der Waals surface area contributed by atoms with Gasteiger partial charge in [0.2, 0.25) is 0 Å². The zero-order chi connectivity index (χ0) is 8.10. The molecule has 0 aromatic heterocycles. The summed E-state index contributed by atoms with van der Waals surface area (Å²) >= 11 is 4.33. The third-order valence-electron chi connectivity index (χ3n) is 1.64. The van der Waals surface area contributed by atoms with Crippen LogP contribution in [-0.4, -0.2) is 6.54 Å². The van der Waals surface area contributed by atoms with Gasteiger partial charge < -0.3 is 5.73 Å². The third kappa shape index (κ3) is 2.56. The minimum Gasteiger partial charge on any atom is -0.330 e. The van der Waals surface area contributed by atoms with Crippen molar-refractivity contribution in [2.45, 2.75) is 17.7 Å². The summed E-state index contributed by atoms with van der Waals surface area (Å²) < 4.78 is 0. The molecule has 0 heterocycles. The van der Waals surface area contributed by atoms with Crippen LogP contribution < -0.4 is 5.73 Å². The van der Waals surface area contributed by atoms with Gasteiger partial charge in [0, 0.05) is 4.90 Å². The summed E-state index contributed by atoms with van der Waals surface area (Å²) in [7, 11) is 0. The van der Waals surface area contributed by atoms with Gasteiger partial charge in [-0.1, -0.05) is 18.2 Å². The predicted octanol–water partition coefficient (Wildman–Crippen LogP) is 1.87. The van der Waals surface area contributed by atoms with E-state index >= 15 is 0 Å². The SMILES string of the molecule is NCCCc1ccccc1S. The van der Waals surface area contributed by atoms with Crippen LogP contribution in [0.25, 0.3) is 0 Å². The maximum atomic E-state index is 5.40. The van der Waals surface area contributed by atoms with Gasteiger partial charge in [-0.2, -0.15) is 0 Å². The monoisotopic (exact) mass is 167 g/mol. The molecule has 0 aliphatic heterocycles. The molecule has 0 unspecified atom stereocenters. The smallest absolute Gasteiger partial charge is 0.00720 e. The molecule has 1 rings (SSSR count). The highest BCUT2D eigenvalue weighted by atomic mass is 32.1. The first kappa shape index (κ1) is 8.62. The Labute approximate surface area is 73.0 Å². The summed E-state index contributed by atoms with van der Waals surface area (Å²) in [6.45, 7) is 0.752. The lowest BCUT2D eigenvalue weighted by Crippen LogP contribution is -2.00. The van der Waals surface area contributed by atoms with E-state index in [0.717, 1.165) is 24.3 Å². The Bertz CT molecular complexity index is 223. The van der Waals surface area contributed by atoms with E-state index < -0.39 is 0 Å². The van der Waals surface area contributed by atoms with E-state index in [0.29, 0.717) is 0 Å². The summed E-state index contributed by atoms with van der Waals surface area (Å²) in [5.74, 6) is 0. The second-order valence-electron chi connectivity index (χ2n) is 2.52. The minimum absolute atomic E-state index is 0.752. The second kappa shape index (κ2) is 4.42. The number of hydrogen-bond acceptors (Lipinski definition) is 2. The quantitative estimate of drug-likeness (QED) is 0.660. The van der Waals surface area contributed by atoms with Gasteiger partial charge in [-0.05, 0) is 31.0 Å². The van der Waals surface area contributed by atoms with Crippen LogP contribution >= 0.6 is 12.6 Å². The summed E-state index contributed by atoms with van der Waals surface area (Å²) in [6.07, 6.45) is 2.08. The molecule has 0 amide bonds. The first-order chi connectivity index (χ1) is 5.34. The number of rotatable bonds is 3. The number of nitrogens with two attached hydrogens (primary N) is 1. The average molecular weight is 167 g/mol. The predicted molar refractivity (Wildman–Crippen MR) is 51.1 cm³/mol. The number of hydrogen-bond donors (Lipinski definition) is 2. The van der Waals surface area contributed by atoms with E-state index in [1.165, 1.54) is 5.56 Å². The molecule has 1 aromatic carbocycles. The lowest BCUT2D eigenvalue weighted by molar-refractivity contribution is 0.821. The van der Waals surface area contributed by atoms with Crippen molar-refractivity contribution in [1.82, 2.24) is 0 Å². The first-order valence-corrected chi connectivity index (χ1v) is 4.26. The van der Waals surface area contributed by atoms with Gasteiger partial charge in [0.15, 0.2) is 0 Å². The molecule has 0 radical (unpaired) electrons. The van der Waals surface area contributed by atoms with Gasteiger partial charge in [-0.15, -0.1) is 12.6 Å². The Kier molecular flexibility index (Phi) is 3.46. The van der Waals surface area contributed by atoms with Crippen LogP contribution in [0.2, 0.25) is 0 Å². The van der Waals surface area contributed by atoms with Crippen molar-refractivity contribution in [1.29, 1.82) is 0 Å². The largest absolute Gasteiger partial charge is 0.330 e. The van der Waals surface area contributed by atoms with Crippen molar-refractivity contribution in [3.63, 3.8) is 0 Å². The van der Waals surface area contributed by atoms with E-state index in [-0.39, 0.29) is 0 Å². The van der Waals surface area contributed by atoms with Crippen molar-refractivity contribution in [2.24, 2.45) is 5.73 Å². The van der Waals surface area contributed by atoms with Crippen LogP contribution in [0.5, 0.6) is 0 Å². The summed E-state index contributed by atoms with van der Waals surface area (Å²) in [6, 6.07) is 8.13. The Morgan fingerprint density at radius 2 is 2.00 bits per heavy atom.